The fourth-order valence-corrected chi connectivity index (χ4v) is 8.31. The zero-order valence-corrected chi connectivity index (χ0v) is 29.7. The van der Waals surface area contributed by atoms with Crippen molar-refractivity contribution in [2.45, 2.75) is 13.8 Å². The van der Waals surface area contributed by atoms with Crippen molar-refractivity contribution in [3.8, 4) is 0 Å². The van der Waals surface area contributed by atoms with Crippen LogP contribution in [0.15, 0.2) is 35.8 Å². The zero-order valence-electron chi connectivity index (χ0n) is 17.0. The first-order valence-electron chi connectivity index (χ1n) is 9.36. The Hall–Kier alpha value is 0.560. The SMILES string of the molecule is CC.O=C1c2c(Br)c(Br)c(Br)c(Br)c2C(=O)N1CCN1C(=O)c2c(Br)c(Br)c(Br)c(Br)c2C1=O. The predicted octanol–water partition coefficient (Wildman–Crippen LogP) is 8.71. The summed E-state index contributed by atoms with van der Waals surface area (Å²) in [5.41, 5.74) is 0.825. The van der Waals surface area contributed by atoms with E-state index < -0.39 is 23.6 Å². The molecule has 14 heteroatoms. The number of hydrogen-bond donors (Lipinski definition) is 0. The van der Waals surface area contributed by atoms with Gasteiger partial charge in [0.1, 0.15) is 0 Å². The maximum absolute atomic E-state index is 13.0. The Morgan fingerprint density at radius 1 is 0.412 bits per heavy atom. The van der Waals surface area contributed by atoms with Crippen LogP contribution in [0.5, 0.6) is 0 Å². The number of carbonyl (C=O) groups is 4. The lowest BCUT2D eigenvalue weighted by Crippen LogP contribution is -2.40. The molecule has 0 radical (unpaired) electrons. The van der Waals surface area contributed by atoms with Crippen LogP contribution < -0.4 is 0 Å². The normalized spacial score (nSPS) is 14.5. The largest absolute Gasteiger partial charge is 0.272 e. The molecule has 0 unspecified atom stereocenters. The Bertz CT molecular complexity index is 1120. The minimum atomic E-state index is -0.518. The van der Waals surface area contributed by atoms with E-state index in [1.165, 1.54) is 0 Å². The highest BCUT2D eigenvalue weighted by atomic mass is 79.9. The Morgan fingerprint density at radius 3 is 0.765 bits per heavy atom. The van der Waals surface area contributed by atoms with Gasteiger partial charge in [0.15, 0.2) is 0 Å². The Kier molecular flexibility index (Phi) is 9.53. The highest BCUT2D eigenvalue weighted by molar-refractivity contribution is 9.15. The molecular weight excluding hydrogens is 971 g/mol. The van der Waals surface area contributed by atoms with Crippen molar-refractivity contribution in [1.82, 2.24) is 9.80 Å². The molecule has 0 saturated carbocycles. The van der Waals surface area contributed by atoms with Crippen LogP contribution in [0.2, 0.25) is 0 Å². The van der Waals surface area contributed by atoms with Gasteiger partial charge in [-0.1, -0.05) is 13.8 Å². The van der Waals surface area contributed by atoms with Crippen molar-refractivity contribution in [3.63, 3.8) is 0 Å². The number of amides is 4. The van der Waals surface area contributed by atoms with Gasteiger partial charge in [-0.3, -0.25) is 29.0 Å². The molecule has 4 amide bonds. The molecule has 0 N–H and O–H groups in total. The van der Waals surface area contributed by atoms with E-state index in [9.17, 15) is 19.2 Å². The van der Waals surface area contributed by atoms with Crippen LogP contribution in [0.4, 0.5) is 0 Å². The van der Waals surface area contributed by atoms with Gasteiger partial charge < -0.3 is 0 Å². The highest BCUT2D eigenvalue weighted by Gasteiger charge is 2.44. The van der Waals surface area contributed by atoms with Crippen LogP contribution in [-0.2, 0) is 0 Å². The number of hydrogen-bond acceptors (Lipinski definition) is 4. The van der Waals surface area contributed by atoms with Crippen LogP contribution in [0.1, 0.15) is 55.3 Å². The molecule has 2 aliphatic rings. The summed E-state index contributed by atoms with van der Waals surface area (Å²) in [6, 6.07) is 0. The standard InChI is InChI=1S/C18H4Br8N2O4.C2H6/c19-7-3-4(8(20)12(24)11(7)23)16(30)27(15(3)29)1-2-28-17(31)5-6(18(28)32)10(22)14(26)13(25)9(5)21;1-2/h1-2H2;1-2H3. The van der Waals surface area contributed by atoms with Gasteiger partial charge in [-0.2, -0.15) is 0 Å². The maximum atomic E-state index is 13.0. The van der Waals surface area contributed by atoms with E-state index >= 15 is 0 Å². The minimum absolute atomic E-state index is 0.149. The first kappa shape index (κ1) is 29.1. The third-order valence-corrected chi connectivity index (χ3v) is 14.5. The predicted molar refractivity (Wildman–Crippen MR) is 157 cm³/mol. The average molecular weight is 982 g/mol. The lowest BCUT2D eigenvalue weighted by atomic mass is 10.1. The van der Waals surface area contributed by atoms with Crippen LogP contribution in [-0.4, -0.2) is 46.5 Å². The number of carbonyl (C=O) groups excluding carboxylic acids is 4. The summed E-state index contributed by atoms with van der Waals surface area (Å²) in [7, 11) is 0. The number of nitrogens with zero attached hydrogens (tertiary/aromatic N) is 2. The van der Waals surface area contributed by atoms with Crippen LogP contribution in [0.25, 0.3) is 0 Å². The Labute approximate surface area is 262 Å². The second-order valence-corrected chi connectivity index (χ2v) is 12.9. The van der Waals surface area contributed by atoms with Gasteiger partial charge in [0.2, 0.25) is 0 Å². The molecule has 2 heterocycles. The second kappa shape index (κ2) is 11.1. The molecule has 0 fully saturated rings. The molecule has 6 nitrogen and oxygen atoms in total. The first-order valence-corrected chi connectivity index (χ1v) is 15.7. The fraction of sp³-hybridized carbons (Fsp3) is 0.200. The minimum Gasteiger partial charge on any atom is -0.272 e. The van der Waals surface area contributed by atoms with Crippen molar-refractivity contribution >= 4 is 151 Å². The fourth-order valence-electron chi connectivity index (χ4n) is 3.40. The monoisotopic (exact) mass is 973 g/mol. The molecule has 0 atom stereocenters. The molecular formula is C20H10Br8N2O4. The lowest BCUT2D eigenvalue weighted by Gasteiger charge is -2.19. The van der Waals surface area contributed by atoms with Crippen LogP contribution >= 0.6 is 127 Å². The zero-order chi connectivity index (χ0) is 25.8. The molecule has 0 aromatic heterocycles. The average Bonchev–Trinajstić information content (AvgIpc) is 3.22. The number of fused-ring (bicyclic) bond motifs is 2. The molecule has 4 rings (SSSR count). The maximum Gasteiger partial charge on any atom is 0.262 e. The molecule has 0 bridgehead atoms. The van der Waals surface area contributed by atoms with Gasteiger partial charge in [-0.05, 0) is 127 Å². The van der Waals surface area contributed by atoms with Crippen molar-refractivity contribution < 1.29 is 19.2 Å². The van der Waals surface area contributed by atoms with E-state index in [4.69, 9.17) is 0 Å². The van der Waals surface area contributed by atoms with Crippen molar-refractivity contribution in [2.75, 3.05) is 13.1 Å². The van der Waals surface area contributed by atoms with Crippen LogP contribution in [0, 0.1) is 0 Å². The van der Waals surface area contributed by atoms with Crippen molar-refractivity contribution in [1.29, 1.82) is 0 Å². The molecule has 2 aromatic carbocycles. The molecule has 2 aliphatic heterocycles. The lowest BCUT2D eigenvalue weighted by molar-refractivity contribution is 0.0560. The molecule has 34 heavy (non-hydrogen) atoms. The van der Waals surface area contributed by atoms with Gasteiger partial charge >= 0.3 is 0 Å². The summed E-state index contributed by atoms with van der Waals surface area (Å²) in [5, 5.41) is 0. The van der Waals surface area contributed by atoms with Crippen molar-refractivity contribution in [3.05, 3.63) is 58.0 Å². The van der Waals surface area contributed by atoms with Crippen molar-refractivity contribution in [2.24, 2.45) is 0 Å². The molecule has 180 valence electrons. The van der Waals surface area contributed by atoms with E-state index in [1.807, 2.05) is 13.8 Å². The van der Waals surface area contributed by atoms with Gasteiger partial charge in [0, 0.05) is 48.9 Å². The summed E-state index contributed by atoms with van der Waals surface area (Å²) in [6.45, 7) is 3.70. The smallest absolute Gasteiger partial charge is 0.262 e. The van der Waals surface area contributed by atoms with Gasteiger partial charge in [0.05, 0.1) is 22.3 Å². The summed E-state index contributed by atoms with van der Waals surface area (Å²) in [4.78, 5) is 54.2. The number of benzene rings is 2. The van der Waals surface area contributed by atoms with Gasteiger partial charge in [-0.15, -0.1) is 0 Å². The second-order valence-electron chi connectivity index (χ2n) is 6.54. The molecule has 0 spiro atoms. The number of rotatable bonds is 3. The first-order chi connectivity index (χ1) is 15.9. The number of halogens is 8. The summed E-state index contributed by atoms with van der Waals surface area (Å²) >= 11 is 27.0. The highest BCUT2D eigenvalue weighted by Crippen LogP contribution is 2.46. The Morgan fingerprint density at radius 2 is 0.588 bits per heavy atom. The van der Waals surface area contributed by atoms with E-state index in [-0.39, 0.29) is 35.3 Å². The number of imide groups is 2. The molecule has 2 aromatic rings. The third kappa shape index (κ3) is 4.43. The van der Waals surface area contributed by atoms with Gasteiger partial charge in [0.25, 0.3) is 23.6 Å². The quantitative estimate of drug-likeness (QED) is 0.175. The van der Waals surface area contributed by atoms with E-state index in [2.05, 4.69) is 127 Å². The molecule has 0 saturated heterocycles. The van der Waals surface area contributed by atoms with E-state index in [0.717, 1.165) is 9.80 Å². The van der Waals surface area contributed by atoms with Gasteiger partial charge in [-0.25, -0.2) is 0 Å². The van der Waals surface area contributed by atoms with E-state index in [1.54, 1.807) is 0 Å². The molecule has 0 aliphatic carbocycles. The van der Waals surface area contributed by atoms with E-state index in [0.29, 0.717) is 35.8 Å². The topological polar surface area (TPSA) is 74.8 Å². The summed E-state index contributed by atoms with van der Waals surface area (Å²) < 4.78 is 4.07. The summed E-state index contributed by atoms with van der Waals surface area (Å²) in [5.74, 6) is -2.07. The van der Waals surface area contributed by atoms with Crippen LogP contribution in [0.3, 0.4) is 0 Å². The Balaban J connectivity index is 0.00000158. The summed E-state index contributed by atoms with van der Waals surface area (Å²) in [6.07, 6.45) is 0. The third-order valence-electron chi connectivity index (χ3n) is 4.92.